The van der Waals surface area contributed by atoms with Gasteiger partial charge in [-0.05, 0) is 74.0 Å². The van der Waals surface area contributed by atoms with E-state index in [0.717, 1.165) is 46.1 Å². The topological polar surface area (TPSA) is 0 Å². The molecule has 0 N–H and O–H groups in total. The molecule has 113 valence electrons. The summed E-state index contributed by atoms with van der Waals surface area (Å²) in [7, 11) is 3.08. The predicted octanol–water partition coefficient (Wildman–Crippen LogP) is 5.47. The van der Waals surface area contributed by atoms with E-state index in [1.165, 1.54) is 0 Å². The highest BCUT2D eigenvalue weighted by Gasteiger charge is 2.58. The fourth-order valence-electron chi connectivity index (χ4n) is 9.36. The second-order valence-corrected chi connectivity index (χ2v) is 10.7. The van der Waals surface area contributed by atoms with Gasteiger partial charge in [0.15, 0.2) is 0 Å². The molecule has 8 aliphatic carbocycles. The maximum Gasteiger partial charge on any atom is 0.126 e. The van der Waals surface area contributed by atoms with Crippen molar-refractivity contribution in [2.24, 2.45) is 35.5 Å². The van der Waals surface area contributed by atoms with Crippen LogP contribution in [0.2, 0.25) is 10.6 Å². The van der Waals surface area contributed by atoms with Crippen LogP contribution in [0.3, 0.4) is 0 Å². The summed E-state index contributed by atoms with van der Waals surface area (Å²) in [5.74, 6) is 6.76. The Balaban J connectivity index is 1.31. The van der Waals surface area contributed by atoms with Crippen molar-refractivity contribution in [1.82, 2.24) is 0 Å². The summed E-state index contributed by atoms with van der Waals surface area (Å²) >= 11 is 0. The van der Waals surface area contributed by atoms with E-state index in [2.05, 4.69) is 7.28 Å². The molecule has 0 saturated heterocycles. The fraction of sp³-hybridized carbons (Fsp3) is 1.00. The molecule has 0 aromatic heterocycles. The van der Waals surface area contributed by atoms with Crippen LogP contribution in [0.4, 0.5) is 0 Å². The Morgan fingerprint density at radius 1 is 0.429 bits per heavy atom. The highest BCUT2D eigenvalue weighted by molar-refractivity contribution is 6.44. The van der Waals surface area contributed by atoms with E-state index in [9.17, 15) is 0 Å². The lowest BCUT2D eigenvalue weighted by Crippen LogP contribution is -2.51. The van der Waals surface area contributed by atoms with Crippen molar-refractivity contribution in [3.05, 3.63) is 0 Å². The molecule has 1 radical (unpaired) electrons. The zero-order valence-electron chi connectivity index (χ0n) is 13.5. The molecular weight excluding hydrogens is 251 g/mol. The van der Waals surface area contributed by atoms with Gasteiger partial charge in [-0.2, -0.15) is 0 Å². The van der Waals surface area contributed by atoms with Gasteiger partial charge in [-0.1, -0.05) is 49.2 Å². The Labute approximate surface area is 131 Å². The highest BCUT2D eigenvalue weighted by Crippen LogP contribution is 2.70. The van der Waals surface area contributed by atoms with Gasteiger partial charge in [-0.3, -0.25) is 0 Å². The van der Waals surface area contributed by atoms with Crippen molar-refractivity contribution in [3.63, 3.8) is 0 Å². The first-order chi connectivity index (χ1) is 10.2. The van der Waals surface area contributed by atoms with E-state index in [0.29, 0.717) is 0 Å². The second-order valence-electron chi connectivity index (χ2n) is 10.7. The zero-order valence-corrected chi connectivity index (χ0v) is 13.5. The first-order valence-electron chi connectivity index (χ1n) is 10.0. The Hall–Kier alpha value is 0.0649. The number of hydrogen-bond acceptors (Lipinski definition) is 0. The molecule has 0 atom stereocenters. The molecule has 0 aromatic carbocycles. The smallest absolute Gasteiger partial charge is 0.0561 e. The lowest BCUT2D eigenvalue weighted by atomic mass is 9.25. The lowest BCUT2D eigenvalue weighted by Gasteiger charge is -2.63. The Morgan fingerprint density at radius 3 is 0.905 bits per heavy atom. The Kier molecular flexibility index (Phi) is 2.34. The SMILES string of the molecule is [B](C12CC3CC(CC(C3)C1)C2)C12CC3CC(CC(C3)C1)C2. The standard InChI is InChI=1S/C20H30B/c1-13-2-15-3-14(1)8-19(7-13,9-15)21-20-10-16-4-17(11-20)6-18(5-16)12-20/h13-18H,1-12H2. The first-order valence-corrected chi connectivity index (χ1v) is 10.0. The summed E-state index contributed by atoms with van der Waals surface area (Å²) in [6, 6.07) is 0. The minimum atomic E-state index is 0.723. The monoisotopic (exact) mass is 281 g/mol. The van der Waals surface area contributed by atoms with Crippen molar-refractivity contribution in [2.45, 2.75) is 87.7 Å². The third-order valence-corrected chi connectivity index (χ3v) is 8.78. The summed E-state index contributed by atoms with van der Waals surface area (Å²) in [5.41, 5.74) is 0. The van der Waals surface area contributed by atoms with Crippen molar-refractivity contribution < 1.29 is 0 Å². The molecule has 0 amide bonds. The molecular formula is C20H30B. The second kappa shape index (κ2) is 3.93. The molecule has 1 heteroatoms. The van der Waals surface area contributed by atoms with Crippen molar-refractivity contribution in [2.75, 3.05) is 0 Å². The quantitative estimate of drug-likeness (QED) is 0.589. The average molecular weight is 281 g/mol. The molecule has 0 aromatic rings. The van der Waals surface area contributed by atoms with Crippen molar-refractivity contribution in [1.29, 1.82) is 0 Å². The van der Waals surface area contributed by atoms with Crippen molar-refractivity contribution in [3.8, 4) is 0 Å². The van der Waals surface area contributed by atoms with Crippen LogP contribution >= 0.6 is 0 Å². The largest absolute Gasteiger partial charge is 0.126 e. The Morgan fingerprint density at radius 2 is 0.667 bits per heavy atom. The molecule has 21 heavy (non-hydrogen) atoms. The number of hydrogen-bond donors (Lipinski definition) is 0. The molecule has 0 unspecified atom stereocenters. The molecule has 8 aliphatic rings. The fourth-order valence-corrected chi connectivity index (χ4v) is 9.36. The molecule has 0 nitrogen and oxygen atoms in total. The summed E-state index contributed by atoms with van der Waals surface area (Å²) < 4.78 is 0. The molecule has 8 fully saturated rings. The van der Waals surface area contributed by atoms with Gasteiger partial charge in [0, 0.05) is 0 Å². The molecule has 8 saturated carbocycles. The van der Waals surface area contributed by atoms with E-state index in [-0.39, 0.29) is 0 Å². The van der Waals surface area contributed by atoms with Crippen LogP contribution in [-0.2, 0) is 0 Å². The molecule has 8 rings (SSSR count). The first kappa shape index (κ1) is 12.5. The van der Waals surface area contributed by atoms with Crippen LogP contribution in [0.25, 0.3) is 0 Å². The average Bonchev–Trinajstić information content (AvgIpc) is 2.33. The van der Waals surface area contributed by atoms with Gasteiger partial charge in [0.25, 0.3) is 0 Å². The third kappa shape index (κ3) is 1.81. The summed E-state index contributed by atoms with van der Waals surface area (Å²) in [6.45, 7) is 0. The van der Waals surface area contributed by atoms with Crippen LogP contribution < -0.4 is 0 Å². The van der Waals surface area contributed by atoms with E-state index in [4.69, 9.17) is 0 Å². The van der Waals surface area contributed by atoms with Crippen LogP contribution in [-0.4, -0.2) is 7.28 Å². The Bertz CT molecular complexity index is 352. The van der Waals surface area contributed by atoms with Crippen LogP contribution in [0.1, 0.15) is 77.0 Å². The third-order valence-electron chi connectivity index (χ3n) is 8.78. The predicted molar refractivity (Wildman–Crippen MR) is 87.5 cm³/mol. The van der Waals surface area contributed by atoms with Gasteiger partial charge < -0.3 is 0 Å². The lowest BCUT2D eigenvalue weighted by molar-refractivity contribution is 0.00838. The van der Waals surface area contributed by atoms with Gasteiger partial charge >= 0.3 is 0 Å². The van der Waals surface area contributed by atoms with Gasteiger partial charge in [0.1, 0.15) is 7.28 Å². The maximum atomic E-state index is 3.08. The zero-order chi connectivity index (χ0) is 13.7. The minimum Gasteiger partial charge on any atom is -0.0561 e. The summed E-state index contributed by atoms with van der Waals surface area (Å²) in [6.07, 6.45) is 19.2. The highest BCUT2D eigenvalue weighted by atomic mass is 14.6. The van der Waals surface area contributed by atoms with E-state index < -0.39 is 0 Å². The van der Waals surface area contributed by atoms with Crippen LogP contribution in [0.15, 0.2) is 0 Å². The maximum absolute atomic E-state index is 3.08. The van der Waals surface area contributed by atoms with Gasteiger partial charge in [-0.25, -0.2) is 0 Å². The molecule has 8 bridgehead atoms. The summed E-state index contributed by atoms with van der Waals surface area (Å²) in [5, 5.41) is 1.45. The van der Waals surface area contributed by atoms with E-state index in [1.54, 1.807) is 77.0 Å². The summed E-state index contributed by atoms with van der Waals surface area (Å²) in [4.78, 5) is 0. The van der Waals surface area contributed by atoms with Crippen molar-refractivity contribution >= 4 is 7.28 Å². The van der Waals surface area contributed by atoms with Gasteiger partial charge in [0.2, 0.25) is 0 Å². The van der Waals surface area contributed by atoms with Gasteiger partial charge in [-0.15, -0.1) is 0 Å². The van der Waals surface area contributed by atoms with Crippen LogP contribution in [0.5, 0.6) is 0 Å². The molecule has 0 aliphatic heterocycles. The van der Waals surface area contributed by atoms with E-state index in [1.807, 2.05) is 0 Å². The van der Waals surface area contributed by atoms with E-state index >= 15 is 0 Å². The normalized spacial score (nSPS) is 63.2. The van der Waals surface area contributed by atoms with Crippen LogP contribution in [0, 0.1) is 35.5 Å². The van der Waals surface area contributed by atoms with Gasteiger partial charge in [0.05, 0.1) is 0 Å². The minimum absolute atomic E-state index is 0.723. The number of rotatable bonds is 2. The molecule has 0 heterocycles. The molecule has 0 spiro atoms.